The summed E-state index contributed by atoms with van der Waals surface area (Å²) in [6.45, 7) is 1.84. The van der Waals surface area contributed by atoms with Gasteiger partial charge in [0.2, 0.25) is 0 Å². The smallest absolute Gasteiger partial charge is 0.177 e. The van der Waals surface area contributed by atoms with Gasteiger partial charge in [-0.05, 0) is 18.9 Å². The van der Waals surface area contributed by atoms with Crippen molar-refractivity contribution in [3.63, 3.8) is 0 Å². The van der Waals surface area contributed by atoms with Crippen LogP contribution in [0.15, 0.2) is 6.07 Å². The molecular weight excluding hydrogens is 237 g/mol. The fraction of sp³-hybridized carbons (Fsp3) is 0.400. The Morgan fingerprint density at radius 1 is 1.53 bits per heavy atom. The van der Waals surface area contributed by atoms with Gasteiger partial charge in [-0.2, -0.15) is 0 Å². The molecule has 3 nitrogen and oxygen atoms in total. The highest BCUT2D eigenvalue weighted by molar-refractivity contribution is 6.37. The van der Waals surface area contributed by atoms with E-state index < -0.39 is 0 Å². The molecule has 0 fully saturated rings. The van der Waals surface area contributed by atoms with E-state index in [2.05, 4.69) is 0 Å². The number of methoxy groups -OCH3 is 1. The Hall–Kier alpha value is -0.640. The van der Waals surface area contributed by atoms with Gasteiger partial charge in [-0.15, -0.1) is 0 Å². The number of nitrogens with two attached hydrogens (primary N) is 1. The zero-order valence-corrected chi connectivity index (χ0v) is 10.1. The number of rotatable bonds is 3. The minimum Gasteiger partial charge on any atom is -0.503 e. The molecule has 0 saturated carbocycles. The molecule has 5 heteroatoms. The number of phenolic OH excluding ortho intramolecular Hbond substituents is 1. The third kappa shape index (κ3) is 2.68. The summed E-state index contributed by atoms with van der Waals surface area (Å²) in [6.07, 6.45) is 0.509. The van der Waals surface area contributed by atoms with Gasteiger partial charge in [0.1, 0.15) is 0 Å². The highest BCUT2D eigenvalue weighted by atomic mass is 35.5. The van der Waals surface area contributed by atoms with E-state index in [1.165, 1.54) is 13.2 Å². The number of benzene rings is 1. The van der Waals surface area contributed by atoms with Gasteiger partial charge in [-0.1, -0.05) is 23.2 Å². The molecule has 1 aromatic carbocycles. The van der Waals surface area contributed by atoms with Gasteiger partial charge >= 0.3 is 0 Å². The first-order chi connectivity index (χ1) is 6.97. The molecule has 15 heavy (non-hydrogen) atoms. The summed E-state index contributed by atoms with van der Waals surface area (Å²) in [5.74, 6) is 0.164. The molecule has 0 aliphatic carbocycles. The Labute approximate surface area is 98.7 Å². The van der Waals surface area contributed by atoms with E-state index in [0.717, 1.165) is 0 Å². The third-order valence-electron chi connectivity index (χ3n) is 2.00. The van der Waals surface area contributed by atoms with Crippen LogP contribution in [0.1, 0.15) is 12.5 Å². The molecule has 3 N–H and O–H groups in total. The molecule has 0 aromatic heterocycles. The second-order valence-corrected chi connectivity index (χ2v) is 4.17. The zero-order valence-electron chi connectivity index (χ0n) is 8.55. The molecule has 0 amide bonds. The van der Waals surface area contributed by atoms with Crippen LogP contribution in [0.2, 0.25) is 10.0 Å². The van der Waals surface area contributed by atoms with Crippen molar-refractivity contribution < 1.29 is 9.84 Å². The lowest BCUT2D eigenvalue weighted by Crippen LogP contribution is -2.18. The fourth-order valence-corrected chi connectivity index (χ4v) is 1.88. The van der Waals surface area contributed by atoms with Crippen LogP contribution in [-0.4, -0.2) is 18.3 Å². The molecule has 0 aliphatic rings. The molecule has 0 aliphatic heterocycles. The first-order valence-corrected chi connectivity index (χ1v) is 5.22. The Balaban J connectivity index is 3.23. The van der Waals surface area contributed by atoms with E-state index >= 15 is 0 Å². The maximum Gasteiger partial charge on any atom is 0.177 e. The van der Waals surface area contributed by atoms with Gasteiger partial charge < -0.3 is 15.6 Å². The average Bonchev–Trinajstić information content (AvgIpc) is 2.18. The van der Waals surface area contributed by atoms with Gasteiger partial charge in [0.05, 0.1) is 12.1 Å². The average molecular weight is 250 g/mol. The normalized spacial score (nSPS) is 12.6. The van der Waals surface area contributed by atoms with E-state index in [1.54, 1.807) is 0 Å². The van der Waals surface area contributed by atoms with Crippen LogP contribution < -0.4 is 10.5 Å². The van der Waals surface area contributed by atoms with E-state index in [9.17, 15) is 5.11 Å². The lowest BCUT2D eigenvalue weighted by molar-refractivity contribution is 0.373. The molecule has 0 heterocycles. The van der Waals surface area contributed by atoms with E-state index in [-0.39, 0.29) is 22.6 Å². The third-order valence-corrected chi connectivity index (χ3v) is 2.74. The van der Waals surface area contributed by atoms with Crippen molar-refractivity contribution in [1.82, 2.24) is 0 Å². The second-order valence-electron chi connectivity index (χ2n) is 3.38. The number of phenols is 1. The summed E-state index contributed by atoms with van der Waals surface area (Å²) in [6, 6.07) is 1.45. The van der Waals surface area contributed by atoms with Crippen molar-refractivity contribution in [3.05, 3.63) is 21.7 Å². The number of ether oxygens (including phenoxy) is 1. The van der Waals surface area contributed by atoms with Crippen LogP contribution in [0, 0.1) is 0 Å². The molecule has 0 spiro atoms. The molecule has 1 aromatic rings. The van der Waals surface area contributed by atoms with Gasteiger partial charge in [0.25, 0.3) is 0 Å². The first kappa shape index (κ1) is 12.4. The van der Waals surface area contributed by atoms with Crippen LogP contribution in [-0.2, 0) is 6.42 Å². The Kier molecular flexibility index (Phi) is 4.08. The second kappa shape index (κ2) is 4.92. The SMILES string of the molecule is COc1cc(Cl)c(CC(C)N)c(Cl)c1O. The van der Waals surface area contributed by atoms with Crippen molar-refractivity contribution in [2.24, 2.45) is 5.73 Å². The zero-order chi connectivity index (χ0) is 11.6. The van der Waals surface area contributed by atoms with Gasteiger partial charge in [-0.25, -0.2) is 0 Å². The minimum atomic E-state index is -0.0979. The van der Waals surface area contributed by atoms with E-state index in [1.807, 2.05) is 6.92 Å². The molecule has 0 bridgehead atoms. The lowest BCUT2D eigenvalue weighted by atomic mass is 10.1. The number of hydrogen-bond donors (Lipinski definition) is 2. The predicted octanol–water partition coefficient (Wildman–Crippen LogP) is 2.60. The highest BCUT2D eigenvalue weighted by Crippen LogP contribution is 2.40. The largest absolute Gasteiger partial charge is 0.503 e. The fourth-order valence-electron chi connectivity index (χ4n) is 1.29. The maximum atomic E-state index is 9.66. The maximum absolute atomic E-state index is 9.66. The van der Waals surface area contributed by atoms with Crippen molar-refractivity contribution >= 4 is 23.2 Å². The molecular formula is C10H13Cl2NO2. The van der Waals surface area contributed by atoms with Crippen molar-refractivity contribution in [3.8, 4) is 11.5 Å². The van der Waals surface area contributed by atoms with Crippen LogP contribution in [0.3, 0.4) is 0 Å². The quantitative estimate of drug-likeness (QED) is 0.866. The highest BCUT2D eigenvalue weighted by Gasteiger charge is 2.16. The minimum absolute atomic E-state index is 0.0761. The van der Waals surface area contributed by atoms with Crippen molar-refractivity contribution in [2.75, 3.05) is 7.11 Å². The Bertz CT molecular complexity index is 367. The summed E-state index contributed by atoms with van der Waals surface area (Å²) in [7, 11) is 1.44. The summed E-state index contributed by atoms with van der Waals surface area (Å²) >= 11 is 12.0. The van der Waals surface area contributed by atoms with Crippen LogP contribution >= 0.6 is 23.2 Å². The van der Waals surface area contributed by atoms with Gasteiger partial charge in [-0.3, -0.25) is 0 Å². The summed E-state index contributed by atoms with van der Waals surface area (Å²) < 4.78 is 4.92. The Morgan fingerprint density at radius 2 is 2.13 bits per heavy atom. The summed E-state index contributed by atoms with van der Waals surface area (Å²) in [4.78, 5) is 0. The number of hydrogen-bond acceptors (Lipinski definition) is 3. The van der Waals surface area contributed by atoms with Crippen LogP contribution in [0.5, 0.6) is 11.5 Å². The standard InChI is InChI=1S/C10H13Cl2NO2/c1-5(13)3-6-7(11)4-8(15-2)10(14)9(6)12/h4-5,14H,3,13H2,1-2H3. The van der Waals surface area contributed by atoms with Crippen LogP contribution in [0.25, 0.3) is 0 Å². The van der Waals surface area contributed by atoms with E-state index in [4.69, 9.17) is 33.7 Å². The summed E-state index contributed by atoms with van der Waals surface area (Å²) in [5.41, 5.74) is 6.30. The van der Waals surface area contributed by atoms with Gasteiger partial charge in [0.15, 0.2) is 11.5 Å². The van der Waals surface area contributed by atoms with E-state index in [0.29, 0.717) is 17.0 Å². The van der Waals surface area contributed by atoms with Crippen molar-refractivity contribution in [2.45, 2.75) is 19.4 Å². The van der Waals surface area contributed by atoms with Gasteiger partial charge in [0, 0.05) is 17.1 Å². The molecule has 1 atom stereocenters. The topological polar surface area (TPSA) is 55.5 Å². The molecule has 1 unspecified atom stereocenters. The molecule has 84 valence electrons. The predicted molar refractivity (Wildman–Crippen MR) is 62.0 cm³/mol. The lowest BCUT2D eigenvalue weighted by Gasteiger charge is -2.13. The summed E-state index contributed by atoms with van der Waals surface area (Å²) in [5, 5.41) is 10.3. The molecule has 1 rings (SSSR count). The molecule has 0 saturated heterocycles. The monoisotopic (exact) mass is 249 g/mol. The van der Waals surface area contributed by atoms with Crippen molar-refractivity contribution in [1.29, 1.82) is 0 Å². The van der Waals surface area contributed by atoms with Crippen LogP contribution in [0.4, 0.5) is 0 Å². The first-order valence-electron chi connectivity index (χ1n) is 4.46. The number of aromatic hydroxyl groups is 1. The number of halogens is 2. The molecule has 0 radical (unpaired) electrons. The Morgan fingerprint density at radius 3 is 2.60 bits per heavy atom.